The van der Waals surface area contributed by atoms with Crippen molar-refractivity contribution in [1.82, 2.24) is 9.88 Å². The highest BCUT2D eigenvalue weighted by molar-refractivity contribution is 6.05. The van der Waals surface area contributed by atoms with Gasteiger partial charge in [0.1, 0.15) is 22.9 Å². The number of fused-ring (bicyclic) bond motifs is 1. The molecular formula is C26H21F2N3O4. The quantitative estimate of drug-likeness (QED) is 0.427. The summed E-state index contributed by atoms with van der Waals surface area (Å²) in [6.07, 6.45) is 1.59. The molecule has 0 aliphatic carbocycles. The van der Waals surface area contributed by atoms with Gasteiger partial charge in [0.15, 0.2) is 11.5 Å². The van der Waals surface area contributed by atoms with E-state index in [9.17, 15) is 23.5 Å². The van der Waals surface area contributed by atoms with E-state index in [1.165, 1.54) is 18.2 Å². The molecule has 5 rings (SSSR count). The Bertz CT molecular complexity index is 1380. The van der Waals surface area contributed by atoms with Gasteiger partial charge in [0, 0.05) is 36.5 Å². The van der Waals surface area contributed by atoms with Crippen LogP contribution in [0.1, 0.15) is 45.4 Å². The second kappa shape index (κ2) is 9.17. The maximum Gasteiger partial charge on any atom is 0.257 e. The number of rotatable bonds is 4. The van der Waals surface area contributed by atoms with Gasteiger partial charge < -0.3 is 19.7 Å². The highest BCUT2D eigenvalue weighted by atomic mass is 19.1. The molecule has 2 N–H and O–H groups in total. The van der Waals surface area contributed by atoms with Gasteiger partial charge in [-0.15, -0.1) is 0 Å². The van der Waals surface area contributed by atoms with Crippen molar-refractivity contribution in [2.45, 2.75) is 18.8 Å². The van der Waals surface area contributed by atoms with Crippen molar-refractivity contribution in [2.75, 3.05) is 18.4 Å². The normalized spacial score (nSPS) is 15.8. The average Bonchev–Trinajstić information content (AvgIpc) is 3.28. The summed E-state index contributed by atoms with van der Waals surface area (Å²) in [4.78, 5) is 31.7. The molecule has 0 radical (unpaired) electrons. The molecule has 1 atom stereocenters. The number of oxazole rings is 1. The summed E-state index contributed by atoms with van der Waals surface area (Å²) in [6, 6.07) is 14.0. The standard InChI is InChI=1S/C26H21F2N3O4/c27-17-10-16(11-18(28)12-17)24(33)29-19-7-8-20(22(32)13-19)26(34)31-9-3-4-15(14-31)25-30-21-5-1-2-6-23(21)35-25/h1-2,5-8,10-13,15,32H,3-4,9,14H2,(H,29,33). The first-order chi connectivity index (χ1) is 16.9. The number of para-hydroxylation sites is 2. The van der Waals surface area contributed by atoms with Gasteiger partial charge in [-0.05, 0) is 49.2 Å². The number of aromatic hydroxyl groups is 1. The van der Waals surface area contributed by atoms with Gasteiger partial charge in [-0.1, -0.05) is 12.1 Å². The molecular weight excluding hydrogens is 456 g/mol. The first kappa shape index (κ1) is 22.5. The van der Waals surface area contributed by atoms with E-state index in [0.29, 0.717) is 30.6 Å². The molecule has 2 amide bonds. The van der Waals surface area contributed by atoms with Gasteiger partial charge in [-0.25, -0.2) is 13.8 Å². The second-order valence-corrected chi connectivity index (χ2v) is 8.45. The average molecular weight is 477 g/mol. The van der Waals surface area contributed by atoms with Crippen molar-refractivity contribution in [2.24, 2.45) is 0 Å². The molecule has 1 aromatic heterocycles. The SMILES string of the molecule is O=C(Nc1ccc(C(=O)N2CCCC(c3nc4ccccc4o3)C2)c(O)c1)c1cc(F)cc(F)c1. The number of hydrogen-bond acceptors (Lipinski definition) is 5. The lowest BCUT2D eigenvalue weighted by Gasteiger charge is -2.31. The molecule has 1 fully saturated rings. The molecule has 0 spiro atoms. The Morgan fingerprint density at radius 3 is 2.57 bits per heavy atom. The summed E-state index contributed by atoms with van der Waals surface area (Å²) >= 11 is 0. The zero-order valence-corrected chi connectivity index (χ0v) is 18.5. The van der Waals surface area contributed by atoms with E-state index in [2.05, 4.69) is 10.3 Å². The summed E-state index contributed by atoms with van der Waals surface area (Å²) in [6.45, 7) is 0.924. The van der Waals surface area contributed by atoms with Crippen LogP contribution in [0.4, 0.5) is 14.5 Å². The third-order valence-corrected chi connectivity index (χ3v) is 5.98. The summed E-state index contributed by atoms with van der Waals surface area (Å²) in [5, 5.41) is 13.0. The lowest BCUT2D eigenvalue weighted by atomic mass is 9.97. The number of nitrogens with one attached hydrogen (secondary N) is 1. The van der Waals surface area contributed by atoms with E-state index in [1.54, 1.807) is 4.90 Å². The Hall–Kier alpha value is -4.27. The molecule has 4 aromatic rings. The van der Waals surface area contributed by atoms with Crippen molar-refractivity contribution < 1.29 is 27.9 Å². The predicted molar refractivity (Wildman–Crippen MR) is 124 cm³/mol. The third-order valence-electron chi connectivity index (χ3n) is 5.98. The van der Waals surface area contributed by atoms with Crippen LogP contribution >= 0.6 is 0 Å². The summed E-state index contributed by atoms with van der Waals surface area (Å²) in [7, 11) is 0. The first-order valence-corrected chi connectivity index (χ1v) is 11.1. The fraction of sp³-hybridized carbons (Fsp3) is 0.192. The number of carbonyl (C=O) groups is 2. The minimum absolute atomic E-state index is 0.0625. The monoisotopic (exact) mass is 477 g/mol. The molecule has 0 saturated carbocycles. The van der Waals surface area contributed by atoms with E-state index in [1.807, 2.05) is 24.3 Å². The third kappa shape index (κ3) is 4.70. The predicted octanol–water partition coefficient (Wildman–Crippen LogP) is 5.08. The number of piperidine rings is 1. The van der Waals surface area contributed by atoms with Crippen molar-refractivity contribution in [3.63, 3.8) is 0 Å². The van der Waals surface area contributed by atoms with Gasteiger partial charge >= 0.3 is 0 Å². The Morgan fingerprint density at radius 1 is 1.06 bits per heavy atom. The number of amides is 2. The zero-order valence-electron chi connectivity index (χ0n) is 18.5. The zero-order chi connectivity index (χ0) is 24.5. The molecule has 1 aliphatic rings. The van der Waals surface area contributed by atoms with E-state index in [-0.39, 0.29) is 34.4 Å². The molecule has 178 valence electrons. The lowest BCUT2D eigenvalue weighted by Crippen LogP contribution is -2.39. The molecule has 7 nitrogen and oxygen atoms in total. The largest absolute Gasteiger partial charge is 0.507 e. The fourth-order valence-corrected chi connectivity index (χ4v) is 4.28. The first-order valence-electron chi connectivity index (χ1n) is 11.1. The number of phenolic OH excluding ortho intramolecular Hbond substituents is 1. The van der Waals surface area contributed by atoms with Crippen LogP contribution in [0.15, 0.2) is 65.1 Å². The molecule has 3 aromatic carbocycles. The summed E-state index contributed by atoms with van der Waals surface area (Å²) in [5.41, 5.74) is 1.51. The highest BCUT2D eigenvalue weighted by Gasteiger charge is 2.29. The van der Waals surface area contributed by atoms with Crippen molar-refractivity contribution in [1.29, 1.82) is 0 Å². The maximum absolute atomic E-state index is 13.4. The van der Waals surface area contributed by atoms with Crippen LogP contribution in [-0.4, -0.2) is 39.9 Å². The number of phenols is 1. The fourth-order valence-electron chi connectivity index (χ4n) is 4.28. The Kier molecular flexibility index (Phi) is 5.90. The van der Waals surface area contributed by atoms with Gasteiger partial charge in [0.2, 0.25) is 0 Å². The van der Waals surface area contributed by atoms with Crippen LogP contribution in [0, 0.1) is 11.6 Å². The summed E-state index contributed by atoms with van der Waals surface area (Å²) in [5.74, 6) is -2.66. The minimum atomic E-state index is -0.878. The van der Waals surface area contributed by atoms with Crippen LogP contribution in [-0.2, 0) is 0 Å². The Balaban J connectivity index is 1.29. The van der Waals surface area contributed by atoms with E-state index in [0.717, 1.165) is 30.5 Å². The number of aromatic nitrogens is 1. The highest BCUT2D eigenvalue weighted by Crippen LogP contribution is 2.31. The van der Waals surface area contributed by atoms with Crippen molar-refractivity contribution >= 4 is 28.6 Å². The summed E-state index contributed by atoms with van der Waals surface area (Å²) < 4.78 is 32.7. The van der Waals surface area contributed by atoms with E-state index >= 15 is 0 Å². The number of benzene rings is 3. The van der Waals surface area contributed by atoms with Crippen LogP contribution in [0.25, 0.3) is 11.1 Å². The number of hydrogen-bond donors (Lipinski definition) is 2. The van der Waals surface area contributed by atoms with Gasteiger partial charge in [-0.3, -0.25) is 9.59 Å². The molecule has 0 bridgehead atoms. The van der Waals surface area contributed by atoms with Gasteiger partial charge in [-0.2, -0.15) is 0 Å². The van der Waals surface area contributed by atoms with Gasteiger partial charge in [0.05, 0.1) is 11.5 Å². The van der Waals surface area contributed by atoms with Crippen molar-refractivity contribution in [3.05, 3.63) is 89.3 Å². The Morgan fingerprint density at radius 2 is 1.83 bits per heavy atom. The molecule has 35 heavy (non-hydrogen) atoms. The number of carbonyl (C=O) groups excluding carboxylic acids is 2. The van der Waals surface area contributed by atoms with E-state index < -0.39 is 17.5 Å². The molecule has 9 heteroatoms. The van der Waals surface area contributed by atoms with Crippen molar-refractivity contribution in [3.8, 4) is 5.75 Å². The molecule has 1 aliphatic heterocycles. The van der Waals surface area contributed by atoms with Crippen LogP contribution in [0.5, 0.6) is 5.75 Å². The number of nitrogens with zero attached hydrogens (tertiary/aromatic N) is 2. The van der Waals surface area contributed by atoms with Gasteiger partial charge in [0.25, 0.3) is 11.8 Å². The second-order valence-electron chi connectivity index (χ2n) is 8.45. The van der Waals surface area contributed by atoms with E-state index in [4.69, 9.17) is 4.42 Å². The van der Waals surface area contributed by atoms with Crippen LogP contribution in [0.3, 0.4) is 0 Å². The molecule has 1 unspecified atom stereocenters. The molecule has 1 saturated heterocycles. The minimum Gasteiger partial charge on any atom is -0.507 e. The topological polar surface area (TPSA) is 95.7 Å². The molecule has 2 heterocycles. The number of halogens is 2. The Labute approximate surface area is 199 Å². The van der Waals surface area contributed by atoms with Crippen LogP contribution < -0.4 is 5.32 Å². The number of likely N-dealkylation sites (tertiary alicyclic amines) is 1. The lowest BCUT2D eigenvalue weighted by molar-refractivity contribution is 0.0696. The number of anilines is 1. The van der Waals surface area contributed by atoms with Crippen LogP contribution in [0.2, 0.25) is 0 Å². The smallest absolute Gasteiger partial charge is 0.257 e. The maximum atomic E-state index is 13.4.